The first kappa shape index (κ1) is 29.0. The summed E-state index contributed by atoms with van der Waals surface area (Å²) in [5, 5.41) is 10.3. The van der Waals surface area contributed by atoms with Crippen LogP contribution in [0.2, 0.25) is 0 Å². The standard InChI is InChI=1S/C50H30N2S/c1-2-15-33(16-3-1)51-42-23-8-6-18-36(42)37-28-27-34(30-45(37)51)52(44-25-11-20-39-38-19-7-9-26-46(38)53-50(39)44)43-24-12-22-41-48(43)40-21-10-14-32-29-31-13-4-5-17-35(31)49(41)47(32)40/h1-30H. The van der Waals surface area contributed by atoms with E-state index in [0.29, 0.717) is 0 Å². The molecule has 9 aromatic carbocycles. The van der Waals surface area contributed by atoms with E-state index in [1.165, 1.54) is 97.2 Å². The van der Waals surface area contributed by atoms with Crippen molar-refractivity contribution in [1.29, 1.82) is 0 Å². The number of para-hydroxylation sites is 2. The fourth-order valence-electron chi connectivity index (χ4n) is 9.10. The van der Waals surface area contributed by atoms with Crippen molar-refractivity contribution in [1.82, 2.24) is 4.57 Å². The normalized spacial score (nSPS) is 12.2. The summed E-state index contributed by atoms with van der Waals surface area (Å²) in [6, 6.07) is 67.2. The van der Waals surface area contributed by atoms with Gasteiger partial charge in [0.1, 0.15) is 0 Å². The second kappa shape index (κ2) is 10.9. The molecule has 0 N–H and O–H groups in total. The molecule has 0 fully saturated rings. The highest BCUT2D eigenvalue weighted by Crippen LogP contribution is 2.56. The molecule has 0 spiro atoms. The summed E-state index contributed by atoms with van der Waals surface area (Å²) >= 11 is 1.88. The van der Waals surface area contributed by atoms with Crippen LogP contribution in [0, 0.1) is 0 Å². The lowest BCUT2D eigenvalue weighted by Crippen LogP contribution is -2.11. The molecular weight excluding hydrogens is 661 g/mol. The topological polar surface area (TPSA) is 8.17 Å². The van der Waals surface area contributed by atoms with Crippen LogP contribution >= 0.6 is 11.3 Å². The molecule has 2 heterocycles. The van der Waals surface area contributed by atoms with E-state index in [-0.39, 0.29) is 0 Å². The smallest absolute Gasteiger partial charge is 0.0640 e. The average molecular weight is 691 g/mol. The van der Waals surface area contributed by atoms with Crippen LogP contribution in [0.3, 0.4) is 0 Å². The van der Waals surface area contributed by atoms with Crippen molar-refractivity contribution in [3.8, 4) is 27.9 Å². The minimum atomic E-state index is 1.13. The van der Waals surface area contributed by atoms with E-state index < -0.39 is 0 Å². The number of aromatic nitrogens is 1. The maximum Gasteiger partial charge on any atom is 0.0640 e. The van der Waals surface area contributed by atoms with E-state index >= 15 is 0 Å². The van der Waals surface area contributed by atoms with Crippen LogP contribution in [-0.4, -0.2) is 4.57 Å². The van der Waals surface area contributed by atoms with Crippen molar-refractivity contribution in [2.45, 2.75) is 0 Å². The van der Waals surface area contributed by atoms with Crippen LogP contribution in [0.25, 0.3) is 91.5 Å². The zero-order valence-electron chi connectivity index (χ0n) is 28.6. The summed E-state index contributed by atoms with van der Waals surface area (Å²) in [7, 11) is 0. The van der Waals surface area contributed by atoms with Gasteiger partial charge in [0, 0.05) is 43.2 Å². The van der Waals surface area contributed by atoms with Gasteiger partial charge in [-0.2, -0.15) is 0 Å². The highest BCUT2D eigenvalue weighted by Gasteiger charge is 2.30. The minimum Gasteiger partial charge on any atom is -0.309 e. The van der Waals surface area contributed by atoms with Crippen LogP contribution in [-0.2, 0) is 0 Å². The first-order valence-electron chi connectivity index (χ1n) is 18.2. The summed E-state index contributed by atoms with van der Waals surface area (Å²) in [4.78, 5) is 2.54. The van der Waals surface area contributed by atoms with Gasteiger partial charge >= 0.3 is 0 Å². The fraction of sp³-hybridized carbons (Fsp3) is 0. The number of rotatable bonds is 4. The van der Waals surface area contributed by atoms with Crippen LogP contribution in [0.1, 0.15) is 0 Å². The van der Waals surface area contributed by atoms with Gasteiger partial charge in [-0.15, -0.1) is 11.3 Å². The molecule has 3 heteroatoms. The molecule has 12 rings (SSSR count). The SMILES string of the molecule is c1ccc(-n2c3ccccc3c3ccc(N(c4cccc5c4-c4cccc6cc7ccccc7c-5c46)c4cccc5c4sc4ccccc45)cc32)cc1. The van der Waals surface area contributed by atoms with Crippen LogP contribution in [0.15, 0.2) is 182 Å². The van der Waals surface area contributed by atoms with E-state index in [9.17, 15) is 0 Å². The highest BCUT2D eigenvalue weighted by atomic mass is 32.1. The Labute approximate surface area is 310 Å². The molecule has 246 valence electrons. The summed E-state index contributed by atoms with van der Waals surface area (Å²) < 4.78 is 5.01. The minimum absolute atomic E-state index is 1.13. The number of benzene rings is 9. The molecule has 0 amide bonds. The van der Waals surface area contributed by atoms with Crippen LogP contribution in [0.5, 0.6) is 0 Å². The van der Waals surface area contributed by atoms with Crippen molar-refractivity contribution >= 4 is 91.9 Å². The van der Waals surface area contributed by atoms with Crippen molar-refractivity contribution in [3.05, 3.63) is 182 Å². The third kappa shape index (κ3) is 4.03. The van der Waals surface area contributed by atoms with Gasteiger partial charge in [0.25, 0.3) is 0 Å². The molecule has 0 atom stereocenters. The number of hydrogen-bond donors (Lipinski definition) is 0. The summed E-state index contributed by atoms with van der Waals surface area (Å²) in [5.41, 5.74) is 12.3. The number of thiophene rings is 1. The molecule has 2 nitrogen and oxygen atoms in total. The first-order chi connectivity index (χ1) is 26.3. The molecule has 0 saturated heterocycles. The van der Waals surface area contributed by atoms with Gasteiger partial charge < -0.3 is 9.47 Å². The lowest BCUT2D eigenvalue weighted by molar-refractivity contribution is 1.18. The predicted molar refractivity (Wildman–Crippen MR) is 228 cm³/mol. The Bertz CT molecular complexity index is 3290. The summed E-state index contributed by atoms with van der Waals surface area (Å²) in [5.74, 6) is 0. The monoisotopic (exact) mass is 690 g/mol. The Morgan fingerprint density at radius 2 is 1.09 bits per heavy atom. The van der Waals surface area contributed by atoms with Gasteiger partial charge in [-0.1, -0.05) is 127 Å². The number of fused-ring (bicyclic) bond motifs is 11. The maximum atomic E-state index is 2.54. The van der Waals surface area contributed by atoms with Gasteiger partial charge in [-0.3, -0.25) is 0 Å². The Balaban J connectivity index is 1.20. The molecule has 0 radical (unpaired) electrons. The van der Waals surface area contributed by atoms with E-state index in [1.807, 2.05) is 11.3 Å². The summed E-state index contributed by atoms with van der Waals surface area (Å²) in [6.07, 6.45) is 0. The Morgan fingerprint density at radius 3 is 2.02 bits per heavy atom. The molecule has 53 heavy (non-hydrogen) atoms. The van der Waals surface area contributed by atoms with Crippen LogP contribution < -0.4 is 4.90 Å². The molecule has 0 aliphatic heterocycles. The third-order valence-electron chi connectivity index (χ3n) is 11.3. The number of nitrogens with zero attached hydrogens (tertiary/aromatic N) is 2. The maximum absolute atomic E-state index is 2.54. The van der Waals surface area contributed by atoms with Crippen molar-refractivity contribution in [2.75, 3.05) is 4.90 Å². The second-order valence-corrected chi connectivity index (χ2v) is 15.1. The van der Waals surface area contributed by atoms with E-state index in [0.717, 1.165) is 11.4 Å². The molecule has 0 saturated carbocycles. The Morgan fingerprint density at radius 1 is 0.415 bits per heavy atom. The zero-order chi connectivity index (χ0) is 34.6. The van der Waals surface area contributed by atoms with E-state index in [2.05, 4.69) is 191 Å². The van der Waals surface area contributed by atoms with E-state index in [4.69, 9.17) is 0 Å². The van der Waals surface area contributed by atoms with Gasteiger partial charge in [0.15, 0.2) is 0 Å². The van der Waals surface area contributed by atoms with Crippen molar-refractivity contribution in [3.63, 3.8) is 0 Å². The molecule has 1 aliphatic rings. The number of hydrogen-bond acceptors (Lipinski definition) is 2. The number of anilines is 3. The van der Waals surface area contributed by atoms with Crippen LogP contribution in [0.4, 0.5) is 17.1 Å². The van der Waals surface area contributed by atoms with Crippen molar-refractivity contribution in [2.24, 2.45) is 0 Å². The molecule has 2 aromatic heterocycles. The van der Waals surface area contributed by atoms with Gasteiger partial charge in [-0.25, -0.2) is 0 Å². The summed E-state index contributed by atoms with van der Waals surface area (Å²) in [6.45, 7) is 0. The first-order valence-corrected chi connectivity index (χ1v) is 19.0. The lowest BCUT2D eigenvalue weighted by atomic mass is 9.96. The Kier molecular flexibility index (Phi) is 5.96. The molecule has 0 unspecified atom stereocenters. The Hall–Kier alpha value is -6.68. The quantitative estimate of drug-likeness (QED) is 0.167. The lowest BCUT2D eigenvalue weighted by Gasteiger charge is -2.29. The fourth-order valence-corrected chi connectivity index (χ4v) is 10.3. The van der Waals surface area contributed by atoms with Gasteiger partial charge in [-0.05, 0) is 92.8 Å². The van der Waals surface area contributed by atoms with Crippen molar-refractivity contribution < 1.29 is 0 Å². The molecule has 0 bridgehead atoms. The molecule has 1 aliphatic carbocycles. The third-order valence-corrected chi connectivity index (χ3v) is 12.5. The molecular formula is C50H30N2S. The molecule has 11 aromatic rings. The second-order valence-electron chi connectivity index (χ2n) is 14.1. The predicted octanol–water partition coefficient (Wildman–Crippen LogP) is 14.6. The highest BCUT2D eigenvalue weighted by molar-refractivity contribution is 7.26. The van der Waals surface area contributed by atoms with Gasteiger partial charge in [0.05, 0.1) is 27.1 Å². The largest absolute Gasteiger partial charge is 0.309 e. The van der Waals surface area contributed by atoms with E-state index in [1.54, 1.807) is 0 Å². The zero-order valence-corrected chi connectivity index (χ0v) is 29.4. The average Bonchev–Trinajstić information content (AvgIpc) is 3.88. The van der Waals surface area contributed by atoms with Gasteiger partial charge in [0.2, 0.25) is 0 Å².